The number of methoxy groups -OCH3 is 1. The summed E-state index contributed by atoms with van der Waals surface area (Å²) in [5, 5.41) is 11.1. The van der Waals surface area contributed by atoms with Crippen LogP contribution in [0.2, 0.25) is 0 Å². The van der Waals surface area contributed by atoms with Crippen molar-refractivity contribution in [3.8, 4) is 0 Å². The van der Waals surface area contributed by atoms with Crippen molar-refractivity contribution in [2.45, 2.75) is 57.8 Å². The van der Waals surface area contributed by atoms with Gasteiger partial charge in [-0.15, -0.1) is 0 Å². The number of esters is 1. The molecule has 0 aromatic rings. The van der Waals surface area contributed by atoms with E-state index in [4.69, 9.17) is 9.47 Å². The van der Waals surface area contributed by atoms with Gasteiger partial charge in [-0.2, -0.15) is 0 Å². The Hall–Kier alpha value is -0.870. The van der Waals surface area contributed by atoms with Gasteiger partial charge in [-0.25, -0.2) is 4.79 Å². The lowest BCUT2D eigenvalue weighted by molar-refractivity contribution is -0.239. The number of rotatable bonds is 1. The minimum Gasteiger partial charge on any atom is -0.425 e. The van der Waals surface area contributed by atoms with Crippen LogP contribution in [0.15, 0.2) is 11.1 Å². The summed E-state index contributed by atoms with van der Waals surface area (Å²) in [6.07, 6.45) is 2.79. The van der Waals surface area contributed by atoms with Crippen LogP contribution < -0.4 is 0 Å². The topological polar surface area (TPSA) is 55.8 Å². The second kappa shape index (κ2) is 3.61. The van der Waals surface area contributed by atoms with E-state index in [1.807, 2.05) is 0 Å². The van der Waals surface area contributed by atoms with E-state index in [0.29, 0.717) is 24.3 Å². The van der Waals surface area contributed by atoms with Crippen LogP contribution in [0.3, 0.4) is 0 Å². The molecule has 4 nitrogen and oxygen atoms in total. The maximum atomic E-state index is 11.9. The molecule has 106 valence electrons. The summed E-state index contributed by atoms with van der Waals surface area (Å²) in [6.45, 7) is 6.12. The van der Waals surface area contributed by atoms with Crippen LogP contribution >= 0.6 is 0 Å². The van der Waals surface area contributed by atoms with Gasteiger partial charge in [0, 0.05) is 30.1 Å². The van der Waals surface area contributed by atoms with Gasteiger partial charge in [0.2, 0.25) is 5.79 Å². The number of carbonyl (C=O) groups is 1. The number of ether oxygens (including phenoxy) is 2. The van der Waals surface area contributed by atoms with Gasteiger partial charge in [-0.1, -0.05) is 13.8 Å². The number of carbonyl (C=O) groups excluding carboxylic acids is 1. The summed E-state index contributed by atoms with van der Waals surface area (Å²) in [6, 6.07) is 0. The van der Waals surface area contributed by atoms with Crippen molar-refractivity contribution < 1.29 is 19.4 Å². The zero-order valence-electron chi connectivity index (χ0n) is 12.1. The molecule has 2 fully saturated rings. The van der Waals surface area contributed by atoms with Gasteiger partial charge in [0.1, 0.15) is 0 Å². The molecule has 1 N–H and O–H groups in total. The molecule has 0 spiro atoms. The molecule has 0 saturated heterocycles. The summed E-state index contributed by atoms with van der Waals surface area (Å²) in [7, 11) is 1.55. The Kier molecular flexibility index (Phi) is 2.50. The molecule has 3 aliphatic rings. The zero-order chi connectivity index (χ0) is 14.1. The monoisotopic (exact) mass is 266 g/mol. The molecule has 2 aliphatic carbocycles. The lowest BCUT2D eigenvalue weighted by atomic mass is 9.59. The SMILES string of the molecule is COC12CC3(O)CCC(C)C3(C)CC1=C(C)C(=O)O2. The summed E-state index contributed by atoms with van der Waals surface area (Å²) in [4.78, 5) is 11.9. The Morgan fingerprint density at radius 1 is 1.47 bits per heavy atom. The number of aliphatic hydroxyl groups is 1. The third kappa shape index (κ3) is 1.39. The second-order valence-electron chi connectivity index (χ2n) is 6.69. The van der Waals surface area contributed by atoms with Gasteiger partial charge >= 0.3 is 5.97 Å². The molecular weight excluding hydrogens is 244 g/mol. The summed E-state index contributed by atoms with van der Waals surface area (Å²) in [5.41, 5.74) is 0.585. The van der Waals surface area contributed by atoms with Gasteiger partial charge in [-0.05, 0) is 32.1 Å². The molecule has 2 saturated carbocycles. The summed E-state index contributed by atoms with van der Waals surface area (Å²) in [5.74, 6) is -0.903. The van der Waals surface area contributed by atoms with Crippen molar-refractivity contribution in [2.75, 3.05) is 7.11 Å². The Morgan fingerprint density at radius 3 is 2.79 bits per heavy atom. The molecule has 19 heavy (non-hydrogen) atoms. The third-order valence-electron chi connectivity index (χ3n) is 6.02. The lowest BCUT2D eigenvalue weighted by Gasteiger charge is -2.51. The van der Waals surface area contributed by atoms with E-state index < -0.39 is 11.4 Å². The lowest BCUT2D eigenvalue weighted by Crippen LogP contribution is -2.57. The number of hydrogen-bond acceptors (Lipinski definition) is 4. The minimum atomic E-state index is -1.03. The maximum absolute atomic E-state index is 11.9. The van der Waals surface area contributed by atoms with Crippen molar-refractivity contribution in [1.29, 1.82) is 0 Å². The van der Waals surface area contributed by atoms with Gasteiger partial charge in [-0.3, -0.25) is 0 Å². The van der Waals surface area contributed by atoms with E-state index >= 15 is 0 Å². The first-order chi connectivity index (χ1) is 8.78. The Morgan fingerprint density at radius 2 is 2.16 bits per heavy atom. The van der Waals surface area contributed by atoms with Gasteiger partial charge in [0.05, 0.1) is 5.60 Å². The fraction of sp³-hybridized carbons (Fsp3) is 0.800. The van der Waals surface area contributed by atoms with Crippen LogP contribution in [-0.4, -0.2) is 29.6 Å². The highest BCUT2D eigenvalue weighted by molar-refractivity contribution is 5.92. The second-order valence-corrected chi connectivity index (χ2v) is 6.69. The average Bonchev–Trinajstić information content (AvgIpc) is 2.73. The van der Waals surface area contributed by atoms with Crippen molar-refractivity contribution in [3.05, 3.63) is 11.1 Å². The molecule has 4 unspecified atom stereocenters. The predicted octanol–water partition coefficient (Wildman–Crippen LogP) is 2.16. The van der Waals surface area contributed by atoms with E-state index in [2.05, 4.69) is 13.8 Å². The first kappa shape index (κ1) is 13.1. The molecule has 0 bridgehead atoms. The Labute approximate surface area is 113 Å². The normalized spacial score (nSPS) is 49.1. The standard InChI is InChI=1S/C15H22O4/c1-9-5-6-14(17)8-15(18-4)11(7-13(9,14)3)10(2)12(16)19-15/h9,17H,5-8H2,1-4H3. The summed E-state index contributed by atoms with van der Waals surface area (Å²) >= 11 is 0. The van der Waals surface area contributed by atoms with Crippen molar-refractivity contribution >= 4 is 5.97 Å². The Balaban J connectivity index is 2.11. The fourth-order valence-electron chi connectivity index (χ4n) is 4.24. The van der Waals surface area contributed by atoms with Crippen LogP contribution in [0.5, 0.6) is 0 Å². The molecular formula is C15H22O4. The molecule has 3 rings (SSSR count). The van der Waals surface area contributed by atoms with Crippen molar-refractivity contribution in [3.63, 3.8) is 0 Å². The largest absolute Gasteiger partial charge is 0.425 e. The molecule has 1 aliphatic heterocycles. The number of hydrogen-bond donors (Lipinski definition) is 1. The fourth-order valence-corrected chi connectivity index (χ4v) is 4.24. The maximum Gasteiger partial charge on any atom is 0.336 e. The molecule has 4 atom stereocenters. The molecule has 0 radical (unpaired) electrons. The average molecular weight is 266 g/mol. The van der Waals surface area contributed by atoms with Gasteiger partial charge in [0.25, 0.3) is 0 Å². The van der Waals surface area contributed by atoms with Gasteiger partial charge < -0.3 is 14.6 Å². The molecule has 4 heteroatoms. The van der Waals surface area contributed by atoms with E-state index in [1.165, 1.54) is 0 Å². The van der Waals surface area contributed by atoms with Crippen LogP contribution in [0.1, 0.15) is 46.5 Å². The molecule has 1 heterocycles. The molecule has 0 aromatic carbocycles. The van der Waals surface area contributed by atoms with E-state index in [9.17, 15) is 9.90 Å². The van der Waals surface area contributed by atoms with Crippen LogP contribution in [0.25, 0.3) is 0 Å². The quantitative estimate of drug-likeness (QED) is 0.739. The first-order valence-corrected chi connectivity index (χ1v) is 6.99. The first-order valence-electron chi connectivity index (χ1n) is 6.99. The number of fused-ring (bicyclic) bond motifs is 2. The van der Waals surface area contributed by atoms with Crippen molar-refractivity contribution in [1.82, 2.24) is 0 Å². The third-order valence-corrected chi connectivity index (χ3v) is 6.02. The highest BCUT2D eigenvalue weighted by atomic mass is 16.7. The highest BCUT2D eigenvalue weighted by Crippen LogP contribution is 2.63. The van der Waals surface area contributed by atoms with E-state index in [-0.39, 0.29) is 11.4 Å². The Bertz CT molecular complexity index is 483. The smallest absolute Gasteiger partial charge is 0.336 e. The van der Waals surface area contributed by atoms with Crippen molar-refractivity contribution in [2.24, 2.45) is 11.3 Å². The van der Waals surface area contributed by atoms with Gasteiger partial charge in [0.15, 0.2) is 0 Å². The summed E-state index contributed by atoms with van der Waals surface area (Å²) < 4.78 is 11.0. The predicted molar refractivity (Wildman–Crippen MR) is 69.2 cm³/mol. The van der Waals surface area contributed by atoms with E-state index in [1.54, 1.807) is 14.0 Å². The van der Waals surface area contributed by atoms with Crippen LogP contribution in [-0.2, 0) is 14.3 Å². The van der Waals surface area contributed by atoms with Crippen LogP contribution in [0, 0.1) is 11.3 Å². The molecule has 0 amide bonds. The zero-order valence-corrected chi connectivity index (χ0v) is 12.1. The molecule has 0 aromatic heterocycles. The van der Waals surface area contributed by atoms with E-state index in [0.717, 1.165) is 18.4 Å². The van der Waals surface area contributed by atoms with Crippen LogP contribution in [0.4, 0.5) is 0 Å². The highest BCUT2D eigenvalue weighted by Gasteiger charge is 2.66. The minimum absolute atomic E-state index is 0.195.